The molecule has 0 spiro atoms. The first kappa shape index (κ1) is 16.1. The van der Waals surface area contributed by atoms with Gasteiger partial charge in [0.2, 0.25) is 0 Å². The van der Waals surface area contributed by atoms with Gasteiger partial charge in [-0.25, -0.2) is 9.37 Å². The number of nitrogens with zero attached hydrogens (tertiary/aromatic N) is 4. The van der Waals surface area contributed by atoms with Crippen LogP contribution in [-0.2, 0) is 12.7 Å². The van der Waals surface area contributed by atoms with Crippen molar-refractivity contribution in [2.75, 3.05) is 31.1 Å². The zero-order chi connectivity index (χ0) is 16.4. The number of alkyl halides is 3. The van der Waals surface area contributed by atoms with E-state index in [9.17, 15) is 17.6 Å². The topological polar surface area (TPSA) is 32.3 Å². The molecule has 0 bridgehead atoms. The zero-order valence-corrected chi connectivity index (χ0v) is 12.9. The van der Waals surface area contributed by atoms with Crippen LogP contribution in [0, 0.1) is 5.82 Å². The Labute approximate surface area is 134 Å². The van der Waals surface area contributed by atoms with E-state index in [0.29, 0.717) is 43.5 Å². The number of anilines is 1. The quantitative estimate of drug-likeness (QED) is 0.800. The fraction of sp³-hybridized carbons (Fsp3) is 0.429. The normalized spacial score (nSPS) is 16.8. The van der Waals surface area contributed by atoms with Gasteiger partial charge >= 0.3 is 6.18 Å². The van der Waals surface area contributed by atoms with Crippen LogP contribution < -0.4 is 4.90 Å². The molecular weight excluding hydrogens is 332 g/mol. The smallest absolute Gasteiger partial charge is 0.346 e. The highest BCUT2D eigenvalue weighted by Crippen LogP contribution is 2.33. The van der Waals surface area contributed by atoms with Crippen molar-refractivity contribution in [3.8, 4) is 0 Å². The highest BCUT2D eigenvalue weighted by atomic mass is 32.1. The molecule has 0 atom stereocenters. The number of hydrogen-bond acceptors (Lipinski definition) is 5. The molecule has 0 N–H and O–H groups in total. The second-order valence-electron chi connectivity index (χ2n) is 5.21. The maximum atomic E-state index is 13.6. The van der Waals surface area contributed by atoms with Gasteiger partial charge in [0.15, 0.2) is 10.8 Å². The number of pyridine rings is 1. The van der Waals surface area contributed by atoms with Gasteiger partial charge in [-0.1, -0.05) is 0 Å². The number of rotatable bonds is 3. The van der Waals surface area contributed by atoms with Crippen LogP contribution in [0.3, 0.4) is 0 Å². The maximum absolute atomic E-state index is 13.6. The number of aromatic nitrogens is 2. The van der Waals surface area contributed by atoms with Crippen molar-refractivity contribution in [3.63, 3.8) is 0 Å². The van der Waals surface area contributed by atoms with Crippen LogP contribution >= 0.6 is 11.3 Å². The van der Waals surface area contributed by atoms with E-state index >= 15 is 0 Å². The molecule has 3 heterocycles. The van der Waals surface area contributed by atoms with Gasteiger partial charge in [0, 0.05) is 44.3 Å². The molecule has 2 aromatic heterocycles. The molecule has 9 heteroatoms. The summed E-state index contributed by atoms with van der Waals surface area (Å²) in [6.45, 7) is 2.75. The highest BCUT2D eigenvalue weighted by molar-refractivity contribution is 7.13. The summed E-state index contributed by atoms with van der Waals surface area (Å²) in [5.41, 5.74) is -0.468. The van der Waals surface area contributed by atoms with Crippen molar-refractivity contribution in [2.45, 2.75) is 12.7 Å². The highest BCUT2D eigenvalue weighted by Gasteiger charge is 2.34. The van der Waals surface area contributed by atoms with E-state index in [2.05, 4.69) is 9.97 Å². The molecule has 1 fully saturated rings. The summed E-state index contributed by atoms with van der Waals surface area (Å²) in [6, 6.07) is 2.91. The lowest BCUT2D eigenvalue weighted by atomic mass is 10.2. The van der Waals surface area contributed by atoms with Gasteiger partial charge in [0.1, 0.15) is 5.82 Å². The van der Waals surface area contributed by atoms with Crippen LogP contribution in [0.15, 0.2) is 23.7 Å². The molecule has 2 aromatic rings. The molecule has 0 amide bonds. The summed E-state index contributed by atoms with van der Waals surface area (Å²) in [6.07, 6.45) is -2.87. The molecule has 0 aromatic carbocycles. The lowest BCUT2D eigenvalue weighted by Crippen LogP contribution is -2.46. The molecule has 0 saturated carbocycles. The summed E-state index contributed by atoms with van der Waals surface area (Å²) in [5.74, 6) is -0.343. The predicted octanol–water partition coefficient (Wildman–Crippen LogP) is 3.02. The van der Waals surface area contributed by atoms with Gasteiger partial charge in [0.25, 0.3) is 0 Å². The van der Waals surface area contributed by atoms with Gasteiger partial charge in [-0.3, -0.25) is 9.88 Å². The monoisotopic (exact) mass is 346 g/mol. The Morgan fingerprint density at radius 3 is 2.52 bits per heavy atom. The molecule has 4 nitrogen and oxygen atoms in total. The van der Waals surface area contributed by atoms with Gasteiger partial charge in [-0.15, -0.1) is 11.3 Å². The average molecular weight is 346 g/mol. The Morgan fingerprint density at radius 1 is 1.17 bits per heavy atom. The minimum Gasteiger partial charge on any atom is -0.346 e. The van der Waals surface area contributed by atoms with E-state index in [0.717, 1.165) is 16.7 Å². The molecule has 23 heavy (non-hydrogen) atoms. The van der Waals surface area contributed by atoms with Crippen LogP contribution in [0.2, 0.25) is 0 Å². The summed E-state index contributed by atoms with van der Waals surface area (Å²) in [5, 5.41) is 1.41. The first-order valence-electron chi connectivity index (χ1n) is 7.03. The Morgan fingerprint density at radius 2 is 1.91 bits per heavy atom. The molecule has 3 rings (SSSR count). The SMILES string of the molecule is Fc1cccnc1CN1CCN(c2nc(C(F)(F)F)cs2)CC1. The van der Waals surface area contributed by atoms with Crippen LogP contribution in [0.4, 0.5) is 22.7 Å². The predicted molar refractivity (Wildman–Crippen MR) is 78.8 cm³/mol. The van der Waals surface area contributed by atoms with E-state index < -0.39 is 11.9 Å². The van der Waals surface area contributed by atoms with E-state index in [-0.39, 0.29) is 5.82 Å². The Bertz CT molecular complexity index is 665. The van der Waals surface area contributed by atoms with Crippen LogP contribution in [0.5, 0.6) is 0 Å². The minimum atomic E-state index is -4.41. The second-order valence-corrected chi connectivity index (χ2v) is 6.04. The minimum absolute atomic E-state index is 0.343. The largest absolute Gasteiger partial charge is 0.434 e. The van der Waals surface area contributed by atoms with Crippen molar-refractivity contribution in [3.05, 3.63) is 40.9 Å². The fourth-order valence-corrected chi connectivity index (χ4v) is 3.27. The lowest BCUT2D eigenvalue weighted by molar-refractivity contribution is -0.140. The molecule has 1 saturated heterocycles. The average Bonchev–Trinajstić information content (AvgIpc) is 3.00. The summed E-state index contributed by atoms with van der Waals surface area (Å²) in [4.78, 5) is 11.5. The third-order valence-corrected chi connectivity index (χ3v) is 4.53. The van der Waals surface area contributed by atoms with Gasteiger partial charge in [-0.2, -0.15) is 13.2 Å². The van der Waals surface area contributed by atoms with E-state index in [4.69, 9.17) is 0 Å². The van der Waals surface area contributed by atoms with Crippen molar-refractivity contribution >= 4 is 16.5 Å². The molecule has 0 radical (unpaired) electrons. The number of piperazine rings is 1. The number of thiazole rings is 1. The van der Waals surface area contributed by atoms with Gasteiger partial charge < -0.3 is 4.90 Å². The van der Waals surface area contributed by atoms with E-state index in [1.165, 1.54) is 12.1 Å². The number of hydrogen-bond donors (Lipinski definition) is 0. The Hall–Kier alpha value is -1.74. The molecule has 0 aliphatic carbocycles. The van der Waals surface area contributed by atoms with E-state index in [1.807, 2.05) is 9.80 Å². The van der Waals surface area contributed by atoms with Crippen LogP contribution in [-0.4, -0.2) is 41.0 Å². The molecule has 1 aliphatic heterocycles. The third-order valence-electron chi connectivity index (χ3n) is 3.63. The van der Waals surface area contributed by atoms with Crippen LogP contribution in [0.25, 0.3) is 0 Å². The van der Waals surface area contributed by atoms with Crippen molar-refractivity contribution in [1.82, 2.24) is 14.9 Å². The van der Waals surface area contributed by atoms with Gasteiger partial charge in [-0.05, 0) is 12.1 Å². The van der Waals surface area contributed by atoms with Crippen LogP contribution in [0.1, 0.15) is 11.4 Å². The first-order chi connectivity index (χ1) is 10.9. The van der Waals surface area contributed by atoms with Crippen molar-refractivity contribution in [2.24, 2.45) is 0 Å². The van der Waals surface area contributed by atoms with Crippen molar-refractivity contribution in [1.29, 1.82) is 0 Å². The molecule has 0 unspecified atom stereocenters. The summed E-state index contributed by atoms with van der Waals surface area (Å²) in [7, 11) is 0. The summed E-state index contributed by atoms with van der Waals surface area (Å²) < 4.78 is 51.3. The molecular formula is C14H14F4N4S. The second kappa shape index (κ2) is 6.40. The summed E-state index contributed by atoms with van der Waals surface area (Å²) >= 11 is 0.995. The molecule has 124 valence electrons. The lowest BCUT2D eigenvalue weighted by Gasteiger charge is -2.34. The fourth-order valence-electron chi connectivity index (χ4n) is 2.38. The third kappa shape index (κ3) is 3.78. The maximum Gasteiger partial charge on any atom is 0.434 e. The standard InChI is InChI=1S/C14H14F4N4S/c15-10-2-1-3-19-11(10)8-21-4-6-22(7-5-21)13-20-12(9-23-13)14(16,17)18/h1-3,9H,4-8H2. The van der Waals surface area contributed by atoms with Crippen molar-refractivity contribution < 1.29 is 17.6 Å². The molecule has 1 aliphatic rings. The Kier molecular flexibility index (Phi) is 4.49. The first-order valence-corrected chi connectivity index (χ1v) is 7.91. The number of halogens is 4. The Balaban J connectivity index is 1.58. The van der Waals surface area contributed by atoms with E-state index in [1.54, 1.807) is 6.20 Å². The van der Waals surface area contributed by atoms with Gasteiger partial charge in [0.05, 0.1) is 5.69 Å². The zero-order valence-electron chi connectivity index (χ0n) is 12.1.